The molecule has 1 aromatic carbocycles. The molecule has 226 valence electrons. The number of likely N-dealkylation sites (N-methyl/N-ethyl adjacent to an activating group) is 1. The number of amides is 1. The van der Waals surface area contributed by atoms with Crippen molar-refractivity contribution in [1.29, 1.82) is 0 Å². The zero-order valence-electron chi connectivity index (χ0n) is 24.3. The maximum absolute atomic E-state index is 14.0. The minimum absolute atomic E-state index is 0.0328. The van der Waals surface area contributed by atoms with Crippen molar-refractivity contribution < 1.29 is 38.1 Å². The molecule has 13 heteroatoms. The molecule has 3 aliphatic rings. The van der Waals surface area contributed by atoms with Gasteiger partial charge >= 0.3 is 0 Å². The molecular formula is C29H36N4O8S. The van der Waals surface area contributed by atoms with Crippen molar-refractivity contribution in [3.05, 3.63) is 45.4 Å². The lowest BCUT2D eigenvalue weighted by atomic mass is 9.60. The number of aromatic hydroxyl groups is 1. The third kappa shape index (κ3) is 5.04. The normalized spacial score (nSPS) is 23.8. The van der Waals surface area contributed by atoms with Crippen LogP contribution >= 0.6 is 0 Å². The molecule has 4 rings (SSSR count). The summed E-state index contributed by atoms with van der Waals surface area (Å²) in [6.45, 7) is 2.84. The van der Waals surface area contributed by atoms with Gasteiger partial charge in [0, 0.05) is 25.4 Å². The molecule has 0 bridgehead atoms. The molecule has 0 radical (unpaired) electrons. The van der Waals surface area contributed by atoms with E-state index in [1.807, 2.05) is 0 Å². The van der Waals surface area contributed by atoms with Gasteiger partial charge in [-0.25, -0.2) is 13.1 Å². The van der Waals surface area contributed by atoms with E-state index in [1.54, 1.807) is 44.1 Å². The molecule has 0 heterocycles. The Morgan fingerprint density at radius 3 is 2.33 bits per heavy atom. The van der Waals surface area contributed by atoms with Crippen LogP contribution in [-0.4, -0.2) is 92.1 Å². The number of benzene rings is 1. The Bertz CT molecular complexity index is 1610. The number of anilines is 1. The molecule has 0 fully saturated rings. The van der Waals surface area contributed by atoms with Crippen LogP contribution in [0.5, 0.6) is 5.75 Å². The summed E-state index contributed by atoms with van der Waals surface area (Å²) in [7, 11) is 3.31. The minimum atomic E-state index is -3.55. The van der Waals surface area contributed by atoms with Gasteiger partial charge in [0.25, 0.3) is 5.91 Å². The molecule has 0 saturated heterocycles. The summed E-state index contributed by atoms with van der Waals surface area (Å²) in [6.07, 6.45) is 0.485. The fourth-order valence-electron chi connectivity index (χ4n) is 6.25. The van der Waals surface area contributed by atoms with Crippen molar-refractivity contribution in [3.8, 4) is 17.6 Å². The van der Waals surface area contributed by atoms with Gasteiger partial charge in [0.1, 0.15) is 22.8 Å². The number of phenols is 1. The number of Topliss-reactive ketones (excluding diaryl/α,β-unsaturated/α-hetero) is 2. The molecule has 0 saturated carbocycles. The number of carbonyl (C=O) groups is 3. The van der Waals surface area contributed by atoms with Crippen molar-refractivity contribution >= 4 is 33.2 Å². The van der Waals surface area contributed by atoms with Crippen LogP contribution in [0.2, 0.25) is 0 Å². The number of aliphatic hydroxyl groups excluding tert-OH is 2. The Kier molecular flexibility index (Phi) is 8.21. The van der Waals surface area contributed by atoms with Gasteiger partial charge in [-0.3, -0.25) is 19.3 Å². The summed E-state index contributed by atoms with van der Waals surface area (Å²) in [4.78, 5) is 42.9. The van der Waals surface area contributed by atoms with Crippen LogP contribution in [0.3, 0.4) is 0 Å². The first-order chi connectivity index (χ1) is 19.5. The number of sulfonamides is 1. The second-order valence-electron chi connectivity index (χ2n) is 11.6. The molecule has 1 aromatic rings. The smallest absolute Gasteiger partial charge is 0.255 e. The van der Waals surface area contributed by atoms with Gasteiger partial charge in [0.05, 0.1) is 34.9 Å². The summed E-state index contributed by atoms with van der Waals surface area (Å²) < 4.78 is 26.4. The van der Waals surface area contributed by atoms with Gasteiger partial charge in [-0.1, -0.05) is 11.8 Å². The van der Waals surface area contributed by atoms with Crippen LogP contribution < -0.4 is 15.4 Å². The van der Waals surface area contributed by atoms with Crippen molar-refractivity contribution in [2.24, 2.45) is 23.5 Å². The number of hydrogen-bond acceptors (Lipinski definition) is 10. The number of allylic oxidation sites excluding steroid dienone is 2. The number of carbonyl (C=O) groups excluding carboxylic acids is 3. The quantitative estimate of drug-likeness (QED) is 0.230. The highest BCUT2D eigenvalue weighted by atomic mass is 32.2. The molecule has 1 amide bonds. The Balaban J connectivity index is 1.83. The van der Waals surface area contributed by atoms with Crippen molar-refractivity contribution in [1.82, 2.24) is 9.62 Å². The van der Waals surface area contributed by atoms with Gasteiger partial charge < -0.3 is 26.0 Å². The van der Waals surface area contributed by atoms with E-state index in [1.165, 1.54) is 13.8 Å². The molecule has 0 aliphatic heterocycles. The fourth-order valence-corrected chi connectivity index (χ4v) is 6.86. The highest BCUT2D eigenvalue weighted by Crippen LogP contribution is 2.51. The number of ketones is 2. The Hall–Kier alpha value is -3.86. The Morgan fingerprint density at radius 1 is 1.14 bits per heavy atom. The van der Waals surface area contributed by atoms with E-state index in [0.29, 0.717) is 11.3 Å². The van der Waals surface area contributed by atoms with Crippen LogP contribution in [0.15, 0.2) is 28.7 Å². The minimum Gasteiger partial charge on any atom is -0.511 e. The number of primary amides is 1. The molecule has 6 N–H and O–H groups in total. The van der Waals surface area contributed by atoms with Crippen LogP contribution in [0.4, 0.5) is 5.69 Å². The van der Waals surface area contributed by atoms with Gasteiger partial charge in [-0.15, -0.1) is 0 Å². The number of fused-ring (bicyclic) bond motifs is 3. The number of nitrogens with zero attached hydrogens (tertiary/aromatic N) is 2. The highest BCUT2D eigenvalue weighted by Gasteiger charge is 2.54. The lowest BCUT2D eigenvalue weighted by Crippen LogP contribution is -2.53. The molecule has 3 aliphatic carbocycles. The standard InChI is InChI=1S/C29H36N4O8S/c1-13(2)42(40,41)31-9-7-8-14-12-18(32(3)4)16-10-15-11-17-21(26(36)19(15)25(35)20(16)24(14)34)27(37)22(29(30)39)28(38)23(17)33(5)6/h12-13,15,17,21,23,31,34,36,38H,9-11H2,1-6H3,(H2,30,39)/t15?,17?,21?,23-/m0/s1. The van der Waals surface area contributed by atoms with Crippen molar-refractivity contribution in [2.75, 3.05) is 39.6 Å². The number of phenolic OH excluding ortho intramolecular Hbond substituents is 1. The van der Waals surface area contributed by atoms with E-state index in [4.69, 9.17) is 5.73 Å². The van der Waals surface area contributed by atoms with E-state index in [0.717, 1.165) is 0 Å². The highest BCUT2D eigenvalue weighted by molar-refractivity contribution is 7.90. The van der Waals surface area contributed by atoms with E-state index in [-0.39, 0.29) is 36.1 Å². The monoisotopic (exact) mass is 600 g/mol. The average Bonchev–Trinajstić information content (AvgIpc) is 2.86. The fraction of sp³-hybridized carbons (Fsp3) is 0.483. The van der Waals surface area contributed by atoms with Crippen LogP contribution in [-0.2, 0) is 26.0 Å². The van der Waals surface area contributed by atoms with E-state index < -0.39 is 79.4 Å². The summed E-state index contributed by atoms with van der Waals surface area (Å²) in [5.41, 5.74) is 5.95. The summed E-state index contributed by atoms with van der Waals surface area (Å²) in [6, 6.07) is 0.814. The first kappa shape index (κ1) is 31.1. The lowest BCUT2D eigenvalue weighted by molar-refractivity contribution is -0.127. The third-order valence-electron chi connectivity index (χ3n) is 8.23. The predicted molar refractivity (Wildman–Crippen MR) is 155 cm³/mol. The molecular weight excluding hydrogens is 564 g/mol. The zero-order chi connectivity index (χ0) is 31.4. The van der Waals surface area contributed by atoms with E-state index >= 15 is 0 Å². The molecule has 12 nitrogen and oxygen atoms in total. The van der Waals surface area contributed by atoms with Crippen molar-refractivity contribution in [2.45, 2.75) is 38.0 Å². The number of nitrogens with two attached hydrogens (primary N) is 1. The number of hydrogen-bond donors (Lipinski definition) is 5. The first-order valence-corrected chi connectivity index (χ1v) is 15.0. The summed E-state index contributed by atoms with van der Waals surface area (Å²) in [5.74, 6) is -1.08. The molecule has 0 spiro atoms. The van der Waals surface area contributed by atoms with Gasteiger partial charge in [-0.05, 0) is 64.3 Å². The Morgan fingerprint density at radius 2 is 1.79 bits per heavy atom. The van der Waals surface area contributed by atoms with Gasteiger partial charge in [-0.2, -0.15) is 0 Å². The van der Waals surface area contributed by atoms with Crippen molar-refractivity contribution in [3.63, 3.8) is 0 Å². The number of rotatable bonds is 6. The molecule has 0 aromatic heterocycles. The lowest BCUT2D eigenvalue weighted by Gasteiger charge is -2.46. The van der Waals surface area contributed by atoms with Crippen LogP contribution in [0.1, 0.15) is 41.8 Å². The summed E-state index contributed by atoms with van der Waals surface area (Å²) in [5, 5.41) is 32.9. The molecule has 4 atom stereocenters. The number of nitrogens with one attached hydrogen (secondary N) is 1. The van der Waals surface area contributed by atoms with E-state index in [9.17, 15) is 38.1 Å². The topological polar surface area (TPSA) is 191 Å². The Labute approximate surface area is 244 Å². The second kappa shape index (κ2) is 11.1. The zero-order valence-corrected chi connectivity index (χ0v) is 25.2. The second-order valence-corrected chi connectivity index (χ2v) is 13.9. The summed E-state index contributed by atoms with van der Waals surface area (Å²) >= 11 is 0. The van der Waals surface area contributed by atoms with E-state index in [2.05, 4.69) is 16.6 Å². The van der Waals surface area contributed by atoms with Gasteiger partial charge in [0.2, 0.25) is 10.0 Å². The largest absolute Gasteiger partial charge is 0.511 e. The SMILES string of the molecule is CC(C)S(=O)(=O)NCC#Cc1cc(N(C)C)c2c(c1O)C(=O)C1=C(O)C3C(=O)C(C(N)=O)=C(O)[C@@H](N(C)C)C3CC1C2. The molecule has 42 heavy (non-hydrogen) atoms. The average molecular weight is 601 g/mol. The predicted octanol–water partition coefficient (Wildman–Crippen LogP) is 0.751. The third-order valence-corrected chi connectivity index (χ3v) is 10.0. The van der Waals surface area contributed by atoms with Gasteiger partial charge in [0.15, 0.2) is 11.6 Å². The maximum atomic E-state index is 14.0. The maximum Gasteiger partial charge on any atom is 0.255 e. The first-order valence-electron chi connectivity index (χ1n) is 13.5. The number of aliphatic hydroxyl groups is 2. The van der Waals surface area contributed by atoms with Crippen LogP contribution in [0.25, 0.3) is 0 Å². The van der Waals surface area contributed by atoms with Crippen LogP contribution in [0, 0.1) is 29.6 Å². The molecule has 3 unspecified atom stereocenters.